The van der Waals surface area contributed by atoms with E-state index in [1.807, 2.05) is 0 Å². The highest BCUT2D eigenvalue weighted by molar-refractivity contribution is 9.11. The highest BCUT2D eigenvalue weighted by Gasteiger charge is 2.39. The first-order chi connectivity index (χ1) is 12.4. The summed E-state index contributed by atoms with van der Waals surface area (Å²) in [5.41, 5.74) is 0.742. The molecule has 1 aliphatic heterocycles. The number of sulfonamides is 1. The second-order valence-electron chi connectivity index (χ2n) is 5.35. The molecule has 2 aromatic rings. The van der Waals surface area contributed by atoms with Gasteiger partial charge in [-0.25, -0.2) is 8.42 Å². The summed E-state index contributed by atoms with van der Waals surface area (Å²) in [6, 6.07) is 6.87. The minimum atomic E-state index is -3.60. The van der Waals surface area contributed by atoms with Crippen molar-refractivity contribution in [3.8, 4) is 17.2 Å². The Balaban J connectivity index is 2.05. The predicted molar refractivity (Wildman–Crippen MR) is 107 cm³/mol. The van der Waals surface area contributed by atoms with E-state index >= 15 is 0 Å². The summed E-state index contributed by atoms with van der Waals surface area (Å²) >= 11 is 6.09. The number of thiophene rings is 1. The molecular weight excluding hydrogens is 462 g/mol. The van der Waals surface area contributed by atoms with Gasteiger partial charge in [0.1, 0.15) is 9.96 Å². The van der Waals surface area contributed by atoms with Crippen molar-refractivity contribution in [2.24, 2.45) is 0 Å². The van der Waals surface area contributed by atoms with E-state index in [-0.39, 0.29) is 0 Å². The molecule has 10 heteroatoms. The van der Waals surface area contributed by atoms with E-state index in [2.05, 4.69) is 15.9 Å². The van der Waals surface area contributed by atoms with Crippen LogP contribution < -0.4 is 14.2 Å². The molecule has 2 heterocycles. The number of methoxy groups -OCH3 is 3. The summed E-state index contributed by atoms with van der Waals surface area (Å²) in [6.07, 6.45) is 0. The summed E-state index contributed by atoms with van der Waals surface area (Å²) in [7, 11) is 1.05. The van der Waals surface area contributed by atoms with Gasteiger partial charge in [0.15, 0.2) is 11.5 Å². The van der Waals surface area contributed by atoms with Crippen molar-refractivity contribution in [2.45, 2.75) is 9.58 Å². The van der Waals surface area contributed by atoms with Gasteiger partial charge in [-0.1, -0.05) is 0 Å². The molecule has 142 valence electrons. The van der Waals surface area contributed by atoms with Crippen LogP contribution in [0.25, 0.3) is 0 Å². The lowest BCUT2D eigenvalue weighted by atomic mass is 10.1. The van der Waals surface area contributed by atoms with Crippen molar-refractivity contribution in [1.29, 1.82) is 0 Å². The van der Waals surface area contributed by atoms with Crippen LogP contribution >= 0.6 is 39.0 Å². The highest BCUT2D eigenvalue weighted by atomic mass is 79.9. The van der Waals surface area contributed by atoms with E-state index in [1.54, 1.807) is 57.4 Å². The molecule has 1 unspecified atom stereocenters. The molecule has 26 heavy (non-hydrogen) atoms. The van der Waals surface area contributed by atoms with Gasteiger partial charge in [0.05, 0.1) is 30.5 Å². The molecule has 1 aliphatic rings. The van der Waals surface area contributed by atoms with Crippen LogP contribution in [0, 0.1) is 0 Å². The van der Waals surface area contributed by atoms with Gasteiger partial charge in [-0.2, -0.15) is 4.31 Å². The van der Waals surface area contributed by atoms with Crippen LogP contribution in [0.4, 0.5) is 0 Å². The average Bonchev–Trinajstić information content (AvgIpc) is 3.30. The quantitative estimate of drug-likeness (QED) is 0.624. The molecule has 6 nitrogen and oxygen atoms in total. The Bertz CT molecular complexity index is 899. The van der Waals surface area contributed by atoms with Crippen molar-refractivity contribution < 1.29 is 22.6 Å². The minimum absolute atomic E-state index is 0.316. The number of nitrogens with zero attached hydrogens (tertiary/aromatic N) is 1. The predicted octanol–water partition coefficient (Wildman–Crippen LogP) is 3.97. The normalized spacial score (nSPS) is 18.1. The Kier molecular flexibility index (Phi) is 6.07. The van der Waals surface area contributed by atoms with Crippen molar-refractivity contribution >= 4 is 49.1 Å². The Morgan fingerprint density at radius 2 is 1.73 bits per heavy atom. The maximum atomic E-state index is 13.1. The van der Waals surface area contributed by atoms with E-state index < -0.39 is 15.4 Å². The zero-order valence-electron chi connectivity index (χ0n) is 14.4. The summed E-state index contributed by atoms with van der Waals surface area (Å²) < 4.78 is 45.0. The molecule has 1 fully saturated rings. The molecule has 0 spiro atoms. The monoisotopic (exact) mass is 479 g/mol. The van der Waals surface area contributed by atoms with E-state index in [0.29, 0.717) is 33.8 Å². The zero-order valence-corrected chi connectivity index (χ0v) is 18.4. The molecule has 0 bridgehead atoms. The molecule has 0 N–H and O–H groups in total. The van der Waals surface area contributed by atoms with Gasteiger partial charge in [0.2, 0.25) is 0 Å². The van der Waals surface area contributed by atoms with Gasteiger partial charge in [-0.3, -0.25) is 0 Å². The van der Waals surface area contributed by atoms with Gasteiger partial charge in [-0.05, 0) is 34.1 Å². The van der Waals surface area contributed by atoms with Crippen molar-refractivity contribution in [1.82, 2.24) is 4.31 Å². The van der Waals surface area contributed by atoms with Crippen LogP contribution in [-0.4, -0.2) is 46.4 Å². The molecule has 0 radical (unpaired) electrons. The second kappa shape index (κ2) is 7.97. The first-order valence-corrected chi connectivity index (χ1v) is 11.7. The Morgan fingerprint density at radius 1 is 1.08 bits per heavy atom. The third-order valence-corrected chi connectivity index (χ3v) is 9.29. The number of thioether (sulfide) groups is 1. The van der Waals surface area contributed by atoms with Crippen molar-refractivity contribution in [3.63, 3.8) is 0 Å². The van der Waals surface area contributed by atoms with Gasteiger partial charge in [0, 0.05) is 23.9 Å². The van der Waals surface area contributed by atoms with Gasteiger partial charge < -0.3 is 14.2 Å². The van der Waals surface area contributed by atoms with E-state index in [1.165, 1.54) is 15.6 Å². The zero-order chi connectivity index (χ0) is 18.9. The number of benzene rings is 1. The molecule has 1 atom stereocenters. The first kappa shape index (κ1) is 19.8. The topological polar surface area (TPSA) is 65.1 Å². The van der Waals surface area contributed by atoms with Crippen LogP contribution in [0.5, 0.6) is 17.2 Å². The summed E-state index contributed by atoms with van der Waals surface area (Å²) in [5.74, 6) is 2.34. The Morgan fingerprint density at radius 3 is 2.31 bits per heavy atom. The van der Waals surface area contributed by atoms with Gasteiger partial charge in [-0.15, -0.1) is 23.1 Å². The Hall–Kier alpha value is -0.940. The third kappa shape index (κ3) is 3.57. The van der Waals surface area contributed by atoms with Crippen LogP contribution in [-0.2, 0) is 10.0 Å². The van der Waals surface area contributed by atoms with E-state index in [9.17, 15) is 8.42 Å². The molecule has 0 amide bonds. The van der Waals surface area contributed by atoms with Crippen molar-refractivity contribution in [2.75, 3.05) is 33.6 Å². The fraction of sp³-hybridized carbons (Fsp3) is 0.375. The lowest BCUT2D eigenvalue weighted by Crippen LogP contribution is -2.30. The van der Waals surface area contributed by atoms with Gasteiger partial charge >= 0.3 is 0 Å². The van der Waals surface area contributed by atoms with E-state index in [0.717, 1.165) is 9.35 Å². The third-order valence-electron chi connectivity index (χ3n) is 3.96. The number of halogens is 1. The molecule has 3 rings (SSSR count). The summed E-state index contributed by atoms with van der Waals surface area (Å²) in [6.45, 7) is 0.435. The number of hydrogen-bond donors (Lipinski definition) is 0. The lowest BCUT2D eigenvalue weighted by molar-refractivity contribution is 0.344. The van der Waals surface area contributed by atoms with E-state index in [4.69, 9.17) is 14.2 Å². The van der Waals surface area contributed by atoms with Crippen LogP contribution in [0.1, 0.15) is 10.9 Å². The standard InChI is InChI=1S/C16H18BrNO5S3/c1-21-11-9-13(23-3)12(22-2)8-10(11)16-18(6-7-24-16)26(19,20)15-5-4-14(17)25-15/h4-5,8-9,16H,6-7H2,1-3H3. The van der Waals surface area contributed by atoms with Gasteiger partial charge in [0.25, 0.3) is 10.0 Å². The molecule has 0 aliphatic carbocycles. The second-order valence-corrected chi connectivity index (χ2v) is 11.1. The SMILES string of the molecule is COc1cc(OC)c(C2SCCN2S(=O)(=O)c2ccc(Br)s2)cc1OC. The number of hydrogen-bond acceptors (Lipinski definition) is 7. The maximum Gasteiger partial charge on any atom is 0.253 e. The fourth-order valence-corrected chi connectivity index (χ4v) is 8.13. The smallest absolute Gasteiger partial charge is 0.253 e. The van der Waals surface area contributed by atoms with Crippen LogP contribution in [0.2, 0.25) is 0 Å². The van der Waals surface area contributed by atoms with Crippen LogP contribution in [0.15, 0.2) is 32.3 Å². The lowest BCUT2D eigenvalue weighted by Gasteiger charge is -2.25. The largest absolute Gasteiger partial charge is 0.496 e. The highest BCUT2D eigenvalue weighted by Crippen LogP contribution is 2.48. The number of rotatable bonds is 6. The molecule has 1 aromatic heterocycles. The number of ether oxygens (including phenoxy) is 3. The maximum absolute atomic E-state index is 13.1. The van der Waals surface area contributed by atoms with Crippen molar-refractivity contribution in [3.05, 3.63) is 33.6 Å². The average molecular weight is 480 g/mol. The minimum Gasteiger partial charge on any atom is -0.496 e. The molecule has 1 aromatic carbocycles. The summed E-state index contributed by atoms with van der Waals surface area (Å²) in [4.78, 5) is 0. The summed E-state index contributed by atoms with van der Waals surface area (Å²) in [5, 5.41) is -0.393. The Labute approximate surface area is 169 Å². The molecule has 1 saturated heterocycles. The molecular formula is C16H18BrNO5S3. The fourth-order valence-electron chi connectivity index (χ4n) is 2.74. The van der Waals surface area contributed by atoms with Crippen LogP contribution in [0.3, 0.4) is 0 Å². The first-order valence-electron chi connectivity index (χ1n) is 7.61. The molecule has 0 saturated carbocycles.